The third-order valence-corrected chi connectivity index (χ3v) is 6.63. The molecule has 6 rings (SSSR count). The lowest BCUT2D eigenvalue weighted by Gasteiger charge is -2.39. The molecular weight excluding hydrogens is 344 g/mol. The maximum atomic E-state index is 4.66. The summed E-state index contributed by atoms with van der Waals surface area (Å²) in [7, 11) is 0. The average Bonchev–Trinajstić information content (AvgIpc) is 3.36. The summed E-state index contributed by atoms with van der Waals surface area (Å²) in [4.78, 5) is 14.3. The van der Waals surface area contributed by atoms with Crippen LogP contribution in [0, 0.1) is 0 Å². The number of fused-ring (bicyclic) bond motifs is 4. The van der Waals surface area contributed by atoms with Crippen LogP contribution in [0.15, 0.2) is 54.9 Å². The normalized spacial score (nSPS) is 18.8. The number of hydrogen-bond donors (Lipinski definition) is 0. The van der Waals surface area contributed by atoms with E-state index in [0.29, 0.717) is 6.04 Å². The van der Waals surface area contributed by atoms with Crippen molar-refractivity contribution in [2.24, 2.45) is 0 Å². The van der Waals surface area contributed by atoms with Crippen LogP contribution >= 0.6 is 0 Å². The summed E-state index contributed by atoms with van der Waals surface area (Å²) in [6, 6.07) is 18.2. The summed E-state index contributed by atoms with van der Waals surface area (Å²) in [6.07, 6.45) is 5.22. The molecule has 0 radical (unpaired) electrons. The summed E-state index contributed by atoms with van der Waals surface area (Å²) < 4.78 is 0. The highest BCUT2D eigenvalue weighted by molar-refractivity contribution is 5.78. The van der Waals surface area contributed by atoms with Crippen LogP contribution in [0.25, 0.3) is 11.1 Å². The first-order valence-corrected chi connectivity index (χ1v) is 10.4. The molecule has 1 fully saturated rings. The molecule has 0 atom stereocenters. The van der Waals surface area contributed by atoms with Crippen molar-refractivity contribution in [3.8, 4) is 11.1 Å². The Labute approximate surface area is 165 Å². The number of benzene rings is 2. The van der Waals surface area contributed by atoms with E-state index in [2.05, 4.69) is 68.3 Å². The maximum absolute atomic E-state index is 4.66. The van der Waals surface area contributed by atoms with Gasteiger partial charge in [0.25, 0.3) is 0 Å². The Kier molecular flexibility index (Phi) is 3.73. The van der Waals surface area contributed by atoms with Crippen molar-refractivity contribution in [2.75, 3.05) is 31.1 Å². The zero-order chi connectivity index (χ0) is 18.5. The first kappa shape index (κ1) is 16.3. The van der Waals surface area contributed by atoms with Crippen LogP contribution in [0.4, 0.5) is 5.82 Å². The monoisotopic (exact) mass is 368 g/mol. The molecule has 28 heavy (non-hydrogen) atoms. The number of nitrogens with zero attached hydrogens (tertiary/aromatic N) is 4. The third kappa shape index (κ3) is 2.41. The van der Waals surface area contributed by atoms with Crippen LogP contribution in [-0.2, 0) is 12.8 Å². The maximum Gasteiger partial charge on any atom is 0.135 e. The van der Waals surface area contributed by atoms with E-state index in [9.17, 15) is 0 Å². The average molecular weight is 368 g/mol. The van der Waals surface area contributed by atoms with Gasteiger partial charge in [-0.15, -0.1) is 0 Å². The van der Waals surface area contributed by atoms with Crippen molar-refractivity contribution in [1.82, 2.24) is 14.9 Å². The highest BCUT2D eigenvalue weighted by Gasteiger charge is 2.34. The van der Waals surface area contributed by atoms with Crippen LogP contribution in [-0.4, -0.2) is 41.0 Å². The topological polar surface area (TPSA) is 32.3 Å². The molecule has 4 nitrogen and oxygen atoms in total. The molecule has 0 unspecified atom stereocenters. The number of aryl methyl sites for hydroxylation is 1. The van der Waals surface area contributed by atoms with Crippen LogP contribution in [0.5, 0.6) is 0 Å². The molecule has 1 aromatic heterocycles. The Morgan fingerprint density at radius 2 is 1.43 bits per heavy atom. The van der Waals surface area contributed by atoms with Gasteiger partial charge in [0.1, 0.15) is 12.1 Å². The van der Waals surface area contributed by atoms with E-state index in [1.54, 1.807) is 6.33 Å². The van der Waals surface area contributed by atoms with Gasteiger partial charge >= 0.3 is 0 Å². The Bertz CT molecular complexity index is 991. The molecule has 0 N–H and O–H groups in total. The fourth-order valence-corrected chi connectivity index (χ4v) is 5.33. The standard InChI is InChI=1S/C24H24N4/c1-3-8-19-17(6-1)18-7-2-4-9-20(18)23(19)27-12-14-28(15-13-27)24-21-10-5-11-22(21)25-16-26-24/h1-4,6-9,16,23H,5,10-15H2. The second-order valence-electron chi connectivity index (χ2n) is 8.08. The van der Waals surface area contributed by atoms with Crippen molar-refractivity contribution < 1.29 is 0 Å². The van der Waals surface area contributed by atoms with Crippen molar-refractivity contribution in [3.63, 3.8) is 0 Å². The lowest BCUT2D eigenvalue weighted by Crippen LogP contribution is -2.48. The summed E-state index contributed by atoms with van der Waals surface area (Å²) in [5.41, 5.74) is 8.39. The van der Waals surface area contributed by atoms with E-state index in [0.717, 1.165) is 39.0 Å². The third-order valence-electron chi connectivity index (χ3n) is 6.63. The molecule has 0 bridgehead atoms. The predicted molar refractivity (Wildman–Crippen MR) is 112 cm³/mol. The van der Waals surface area contributed by atoms with Crippen LogP contribution in [0.2, 0.25) is 0 Å². The Morgan fingerprint density at radius 3 is 2.14 bits per heavy atom. The molecule has 140 valence electrons. The molecule has 3 aliphatic rings. The fourth-order valence-electron chi connectivity index (χ4n) is 5.33. The second-order valence-corrected chi connectivity index (χ2v) is 8.08. The minimum atomic E-state index is 0.380. The first-order valence-electron chi connectivity index (χ1n) is 10.4. The van der Waals surface area contributed by atoms with Gasteiger partial charge in [0.2, 0.25) is 0 Å². The molecule has 0 saturated carbocycles. The summed E-state index contributed by atoms with van der Waals surface area (Å²) in [6.45, 7) is 4.19. The van der Waals surface area contributed by atoms with E-state index in [4.69, 9.17) is 0 Å². The molecule has 0 spiro atoms. The SMILES string of the molecule is c1ccc2c(c1)-c1ccccc1C2N1CCN(c2ncnc3c2CCC3)CC1. The highest BCUT2D eigenvalue weighted by Crippen LogP contribution is 2.46. The quantitative estimate of drug-likeness (QED) is 0.688. The van der Waals surface area contributed by atoms with Gasteiger partial charge in [-0.1, -0.05) is 48.5 Å². The molecule has 2 heterocycles. The minimum Gasteiger partial charge on any atom is -0.354 e. The lowest BCUT2D eigenvalue weighted by molar-refractivity contribution is 0.215. The summed E-state index contributed by atoms with van der Waals surface area (Å²) in [5.74, 6) is 1.19. The van der Waals surface area contributed by atoms with Gasteiger partial charge in [-0.05, 0) is 41.5 Å². The van der Waals surface area contributed by atoms with Gasteiger partial charge in [-0.2, -0.15) is 0 Å². The first-order chi connectivity index (χ1) is 13.9. The Hall–Kier alpha value is -2.72. The molecule has 2 aliphatic carbocycles. The molecule has 1 saturated heterocycles. The number of rotatable bonds is 2. The van der Waals surface area contributed by atoms with Crippen molar-refractivity contribution in [2.45, 2.75) is 25.3 Å². The van der Waals surface area contributed by atoms with E-state index in [-0.39, 0.29) is 0 Å². The predicted octanol–water partition coefficient (Wildman–Crippen LogP) is 3.86. The van der Waals surface area contributed by atoms with E-state index in [1.165, 1.54) is 45.7 Å². The Balaban J connectivity index is 1.28. The van der Waals surface area contributed by atoms with E-state index >= 15 is 0 Å². The van der Waals surface area contributed by atoms with Gasteiger partial charge in [0.05, 0.1) is 6.04 Å². The minimum absolute atomic E-state index is 0.380. The smallest absolute Gasteiger partial charge is 0.135 e. The summed E-state index contributed by atoms with van der Waals surface area (Å²) >= 11 is 0. The number of hydrogen-bond acceptors (Lipinski definition) is 4. The van der Waals surface area contributed by atoms with Gasteiger partial charge < -0.3 is 4.90 Å². The Morgan fingerprint density at radius 1 is 0.750 bits per heavy atom. The fraction of sp³-hybridized carbons (Fsp3) is 0.333. The summed E-state index contributed by atoms with van der Waals surface area (Å²) in [5, 5.41) is 0. The van der Waals surface area contributed by atoms with Crippen LogP contribution in [0.3, 0.4) is 0 Å². The largest absolute Gasteiger partial charge is 0.354 e. The van der Waals surface area contributed by atoms with Crippen LogP contribution < -0.4 is 4.90 Å². The van der Waals surface area contributed by atoms with Gasteiger partial charge in [-0.25, -0.2) is 9.97 Å². The second kappa shape index (κ2) is 6.42. The van der Waals surface area contributed by atoms with E-state index < -0.39 is 0 Å². The molecule has 1 aliphatic heterocycles. The van der Waals surface area contributed by atoms with Crippen LogP contribution in [0.1, 0.15) is 34.8 Å². The molecule has 0 amide bonds. The molecular formula is C24H24N4. The zero-order valence-corrected chi connectivity index (χ0v) is 16.0. The number of piperazine rings is 1. The number of anilines is 1. The van der Waals surface area contributed by atoms with Gasteiger partial charge in [-0.3, -0.25) is 4.90 Å². The van der Waals surface area contributed by atoms with Crippen molar-refractivity contribution in [3.05, 3.63) is 77.2 Å². The molecule has 3 aromatic rings. The molecule has 4 heteroatoms. The zero-order valence-electron chi connectivity index (χ0n) is 16.0. The van der Waals surface area contributed by atoms with E-state index in [1.807, 2.05) is 0 Å². The van der Waals surface area contributed by atoms with Gasteiger partial charge in [0.15, 0.2) is 0 Å². The lowest BCUT2D eigenvalue weighted by atomic mass is 10.0. The van der Waals surface area contributed by atoms with Gasteiger partial charge in [0, 0.05) is 37.4 Å². The van der Waals surface area contributed by atoms with Crippen molar-refractivity contribution >= 4 is 5.82 Å². The highest BCUT2D eigenvalue weighted by atomic mass is 15.3. The van der Waals surface area contributed by atoms with Crippen molar-refractivity contribution in [1.29, 1.82) is 0 Å². The number of aromatic nitrogens is 2. The molecule has 2 aromatic carbocycles.